The maximum Gasteiger partial charge on any atom is 0.527 e. The second-order valence-corrected chi connectivity index (χ2v) is 12.6. The molecule has 2 unspecified atom stereocenters. The molecule has 0 aromatic heterocycles. The van der Waals surface area contributed by atoms with E-state index < -0.39 is 13.9 Å². The number of benzene rings is 1. The fraction of sp³-hybridized carbons (Fsp3) is 0.733. The number of unbranched alkanes of at least 4 members (excludes halogenated alkanes) is 13. The average molecular weight is 586 g/mol. The minimum atomic E-state index is -4.31. The number of thioether (sulfide) groups is 1. The fourth-order valence-corrected chi connectivity index (χ4v) is 6.02. The van der Waals surface area contributed by atoms with Crippen LogP contribution in [0.2, 0.25) is 0 Å². The minimum Gasteiger partial charge on any atom is -0.404 e. The number of hydrogen-bond acceptors (Lipinski definition) is 7. The van der Waals surface area contributed by atoms with Gasteiger partial charge in [0.25, 0.3) is 0 Å². The monoisotopic (exact) mass is 585 g/mol. The Balaban J connectivity index is 1.49. The number of methoxy groups -OCH3 is 1. The van der Waals surface area contributed by atoms with Crippen molar-refractivity contribution in [2.45, 2.75) is 109 Å². The minimum absolute atomic E-state index is 0.0866. The van der Waals surface area contributed by atoms with E-state index >= 15 is 0 Å². The summed E-state index contributed by atoms with van der Waals surface area (Å²) in [6.07, 6.45) is 20.1. The maximum atomic E-state index is 12.6. The summed E-state index contributed by atoms with van der Waals surface area (Å²) in [5.41, 5.74) is 0.822. The lowest BCUT2D eigenvalue weighted by atomic mass is 10.0. The molecule has 0 fully saturated rings. The first-order valence-corrected chi connectivity index (χ1v) is 17.5. The number of rotatable bonds is 25. The van der Waals surface area contributed by atoms with Crippen LogP contribution < -0.4 is 4.52 Å². The Morgan fingerprint density at radius 1 is 0.923 bits per heavy atom. The molecule has 0 radical (unpaired) electrons. The molecule has 0 bridgehead atoms. The van der Waals surface area contributed by atoms with E-state index in [0.29, 0.717) is 25.5 Å². The van der Waals surface area contributed by atoms with E-state index in [4.69, 9.17) is 18.5 Å². The summed E-state index contributed by atoms with van der Waals surface area (Å²) >= 11 is 1.70. The molecule has 39 heavy (non-hydrogen) atoms. The van der Waals surface area contributed by atoms with Crippen LogP contribution in [0.4, 0.5) is 0 Å². The number of para-hydroxylation sites is 1. The third-order valence-corrected chi connectivity index (χ3v) is 8.57. The van der Waals surface area contributed by atoms with E-state index in [-0.39, 0.29) is 6.61 Å². The Morgan fingerprint density at radius 3 is 2.13 bits per heavy atom. The van der Waals surface area contributed by atoms with Crippen molar-refractivity contribution < 1.29 is 28.0 Å². The Hall–Kier alpha value is -1.02. The molecule has 0 spiro atoms. The molecule has 2 atom stereocenters. The maximum absolute atomic E-state index is 12.6. The number of phosphoric ester groups is 1. The van der Waals surface area contributed by atoms with Crippen LogP contribution in [0.15, 0.2) is 35.9 Å². The van der Waals surface area contributed by atoms with Crippen LogP contribution in [0.3, 0.4) is 0 Å². The Bertz CT molecular complexity index is 826. The number of nitrogens with zero attached hydrogens (tertiary/aromatic N) is 1. The summed E-state index contributed by atoms with van der Waals surface area (Å²) in [6.45, 7) is 3.74. The van der Waals surface area contributed by atoms with Gasteiger partial charge in [0.1, 0.15) is 11.9 Å². The van der Waals surface area contributed by atoms with Gasteiger partial charge in [-0.2, -0.15) is 0 Å². The largest absolute Gasteiger partial charge is 0.527 e. The summed E-state index contributed by atoms with van der Waals surface area (Å²) in [7, 11) is -2.76. The van der Waals surface area contributed by atoms with Crippen LogP contribution in [0.25, 0.3) is 0 Å². The van der Waals surface area contributed by atoms with Crippen molar-refractivity contribution in [3.63, 3.8) is 0 Å². The molecule has 2 rings (SSSR count). The van der Waals surface area contributed by atoms with E-state index in [1.807, 2.05) is 23.7 Å². The first-order chi connectivity index (χ1) is 19.0. The van der Waals surface area contributed by atoms with Crippen molar-refractivity contribution in [2.75, 3.05) is 32.8 Å². The van der Waals surface area contributed by atoms with Gasteiger partial charge >= 0.3 is 7.82 Å². The number of ether oxygens (including phenoxy) is 2. The highest BCUT2D eigenvalue weighted by Crippen LogP contribution is 2.45. The van der Waals surface area contributed by atoms with Gasteiger partial charge in [0.2, 0.25) is 0 Å². The van der Waals surface area contributed by atoms with Crippen LogP contribution in [0.5, 0.6) is 5.75 Å². The van der Waals surface area contributed by atoms with Crippen LogP contribution in [-0.2, 0) is 25.1 Å². The van der Waals surface area contributed by atoms with Crippen molar-refractivity contribution in [2.24, 2.45) is 0 Å². The fourth-order valence-electron chi connectivity index (χ4n) is 4.48. The zero-order valence-corrected chi connectivity index (χ0v) is 26.0. The van der Waals surface area contributed by atoms with Crippen molar-refractivity contribution in [1.82, 2.24) is 4.90 Å². The lowest BCUT2D eigenvalue weighted by molar-refractivity contribution is -0.0197. The van der Waals surface area contributed by atoms with Crippen LogP contribution in [0, 0.1) is 0 Å². The van der Waals surface area contributed by atoms with Gasteiger partial charge in [0.15, 0.2) is 0 Å². The molecule has 9 heteroatoms. The lowest BCUT2D eigenvalue weighted by Crippen LogP contribution is -2.24. The Kier molecular flexibility index (Phi) is 19.0. The summed E-state index contributed by atoms with van der Waals surface area (Å²) in [6, 6.07) is 7.22. The van der Waals surface area contributed by atoms with Gasteiger partial charge in [-0.3, -0.25) is 9.42 Å². The zero-order valence-electron chi connectivity index (χ0n) is 24.3. The SMILES string of the molecule is CCCCCCCCCCCCCCCCOCC(COP(=O)(O)Oc1ccccc1CN1C=CSC1)OC. The quantitative estimate of drug-likeness (QED) is 0.0902. The normalized spacial score (nSPS) is 15.5. The molecule has 1 aromatic rings. The molecule has 1 aliphatic rings. The van der Waals surface area contributed by atoms with Crippen molar-refractivity contribution in [1.29, 1.82) is 0 Å². The van der Waals surface area contributed by atoms with Crippen molar-refractivity contribution in [3.05, 3.63) is 41.4 Å². The summed E-state index contributed by atoms with van der Waals surface area (Å²) < 4.78 is 34.4. The van der Waals surface area contributed by atoms with Gasteiger partial charge in [-0.25, -0.2) is 4.57 Å². The molecule has 0 saturated carbocycles. The van der Waals surface area contributed by atoms with Crippen LogP contribution >= 0.6 is 19.6 Å². The van der Waals surface area contributed by atoms with E-state index in [0.717, 1.165) is 24.3 Å². The van der Waals surface area contributed by atoms with E-state index in [9.17, 15) is 9.46 Å². The molecule has 1 heterocycles. The highest BCUT2D eigenvalue weighted by molar-refractivity contribution is 8.02. The zero-order chi connectivity index (χ0) is 28.0. The van der Waals surface area contributed by atoms with Crippen molar-refractivity contribution in [3.8, 4) is 5.75 Å². The van der Waals surface area contributed by atoms with E-state index in [2.05, 4.69) is 11.8 Å². The third-order valence-electron chi connectivity index (χ3n) is 6.87. The third kappa shape index (κ3) is 16.7. The van der Waals surface area contributed by atoms with E-state index in [1.54, 1.807) is 31.0 Å². The molecule has 224 valence electrons. The van der Waals surface area contributed by atoms with Gasteiger partial charge in [-0.05, 0) is 17.9 Å². The first kappa shape index (κ1) is 34.2. The highest BCUT2D eigenvalue weighted by atomic mass is 32.2. The molecule has 0 saturated heterocycles. The van der Waals surface area contributed by atoms with Gasteiger partial charge in [0, 0.05) is 32.0 Å². The number of phosphoric acid groups is 1. The lowest BCUT2D eigenvalue weighted by Gasteiger charge is -2.21. The van der Waals surface area contributed by atoms with Gasteiger partial charge in [-0.1, -0.05) is 109 Å². The van der Waals surface area contributed by atoms with Crippen LogP contribution in [0.1, 0.15) is 102 Å². The van der Waals surface area contributed by atoms with Gasteiger partial charge in [0.05, 0.1) is 19.1 Å². The molecule has 7 nitrogen and oxygen atoms in total. The summed E-state index contributed by atoms with van der Waals surface area (Å²) in [4.78, 5) is 12.4. The Morgan fingerprint density at radius 2 is 1.54 bits per heavy atom. The average Bonchev–Trinajstić information content (AvgIpc) is 3.44. The number of hydrogen-bond donors (Lipinski definition) is 1. The van der Waals surface area contributed by atoms with Crippen molar-refractivity contribution >= 4 is 19.6 Å². The topological polar surface area (TPSA) is 77.5 Å². The molecular weight excluding hydrogens is 533 g/mol. The molecular formula is C30H52NO6PS. The predicted octanol–water partition coefficient (Wildman–Crippen LogP) is 8.67. The van der Waals surface area contributed by atoms with E-state index in [1.165, 1.54) is 77.0 Å². The second-order valence-electron chi connectivity index (χ2n) is 10.3. The molecule has 1 aromatic carbocycles. The Labute approximate surface area is 241 Å². The standard InChI is InChI=1S/C30H52NO6PS/c1-3-4-5-6-7-8-9-10-11-12-13-14-15-18-22-35-25-29(34-2)26-36-38(32,33)37-30-20-17-16-19-28(30)24-31-21-23-39-27-31/h16-17,19-21,23,29H,3-15,18,22,24-27H2,1-2H3,(H,32,33). The molecule has 1 aliphatic heterocycles. The van der Waals surface area contributed by atoms with Gasteiger partial charge < -0.3 is 18.9 Å². The smallest absolute Gasteiger partial charge is 0.404 e. The van der Waals surface area contributed by atoms with Gasteiger partial charge in [-0.15, -0.1) is 11.8 Å². The second kappa shape index (κ2) is 21.7. The molecule has 0 aliphatic carbocycles. The molecule has 1 N–H and O–H groups in total. The first-order valence-electron chi connectivity index (χ1n) is 14.9. The summed E-state index contributed by atoms with van der Waals surface area (Å²) in [5.74, 6) is 1.19. The highest BCUT2D eigenvalue weighted by Gasteiger charge is 2.26. The van der Waals surface area contributed by atoms with Crippen LogP contribution in [-0.4, -0.2) is 48.7 Å². The molecule has 0 amide bonds. The predicted molar refractivity (Wildman–Crippen MR) is 162 cm³/mol. The summed E-state index contributed by atoms with van der Waals surface area (Å²) in [5, 5.41) is 2.02.